The van der Waals surface area contributed by atoms with Gasteiger partial charge in [-0.3, -0.25) is 0 Å². The van der Waals surface area contributed by atoms with Gasteiger partial charge in [-0.25, -0.2) is 4.79 Å². The molecule has 0 spiro atoms. The smallest absolute Gasteiger partial charge is 0.336 e. The summed E-state index contributed by atoms with van der Waals surface area (Å²) in [6, 6.07) is 15.7. The first-order valence-corrected chi connectivity index (χ1v) is 8.16. The first-order chi connectivity index (χ1) is 11.3. The predicted molar refractivity (Wildman–Crippen MR) is 94.8 cm³/mol. The normalized spacial score (nSPS) is 11.5. The highest BCUT2D eigenvalue weighted by Gasteiger charge is 2.07. The van der Waals surface area contributed by atoms with Crippen molar-refractivity contribution in [2.45, 2.75) is 0 Å². The van der Waals surface area contributed by atoms with E-state index in [-0.39, 0.29) is 5.97 Å². The Labute approximate surface area is 136 Å². The van der Waals surface area contributed by atoms with Gasteiger partial charge in [-0.15, -0.1) is 0 Å². The van der Waals surface area contributed by atoms with Crippen molar-refractivity contribution in [1.29, 1.82) is 0 Å². The first kappa shape index (κ1) is 13.8. The minimum Gasteiger partial charge on any atom is -0.423 e. The lowest BCUT2D eigenvalue weighted by Gasteiger charge is -2.01. The predicted octanol–water partition coefficient (Wildman–Crippen LogP) is 5.00. The SMILES string of the molecule is O=C(/C=C/c1ccsc1)Oc1ccc2[nH]c3ccccc3c2c1. The summed E-state index contributed by atoms with van der Waals surface area (Å²) in [5.74, 6) is 0.164. The molecule has 0 saturated heterocycles. The first-order valence-electron chi connectivity index (χ1n) is 7.22. The quantitative estimate of drug-likeness (QED) is 0.328. The number of benzene rings is 2. The highest BCUT2D eigenvalue weighted by molar-refractivity contribution is 7.08. The summed E-state index contributed by atoms with van der Waals surface area (Å²) in [4.78, 5) is 15.3. The Balaban J connectivity index is 1.61. The second-order valence-electron chi connectivity index (χ2n) is 5.19. The Hall–Kier alpha value is -2.85. The van der Waals surface area contributed by atoms with E-state index < -0.39 is 0 Å². The number of hydrogen-bond donors (Lipinski definition) is 1. The van der Waals surface area contributed by atoms with Crippen LogP contribution in [-0.4, -0.2) is 11.0 Å². The van der Waals surface area contributed by atoms with E-state index in [2.05, 4.69) is 11.1 Å². The van der Waals surface area contributed by atoms with Crippen molar-refractivity contribution in [3.05, 3.63) is 70.9 Å². The fraction of sp³-hybridized carbons (Fsp3) is 0. The van der Waals surface area contributed by atoms with Crippen molar-refractivity contribution >= 4 is 45.2 Å². The molecule has 2 aromatic carbocycles. The summed E-state index contributed by atoms with van der Waals surface area (Å²) >= 11 is 1.59. The molecule has 4 rings (SSSR count). The number of hydrogen-bond acceptors (Lipinski definition) is 3. The minimum atomic E-state index is -0.379. The van der Waals surface area contributed by atoms with Crippen LogP contribution in [0.4, 0.5) is 0 Å². The molecule has 1 N–H and O–H groups in total. The Morgan fingerprint density at radius 1 is 1.04 bits per heavy atom. The number of esters is 1. The van der Waals surface area contributed by atoms with Crippen LogP contribution in [0.5, 0.6) is 5.75 Å². The maximum Gasteiger partial charge on any atom is 0.336 e. The Kier molecular flexibility index (Phi) is 3.44. The van der Waals surface area contributed by atoms with E-state index in [9.17, 15) is 4.79 Å². The number of nitrogens with one attached hydrogen (secondary N) is 1. The van der Waals surface area contributed by atoms with Crippen LogP contribution in [0, 0.1) is 0 Å². The molecule has 0 aliphatic carbocycles. The molecule has 0 amide bonds. The Bertz CT molecular complexity index is 1010. The zero-order valence-corrected chi connectivity index (χ0v) is 13.0. The molecule has 4 heteroatoms. The third kappa shape index (κ3) is 2.76. The molecule has 0 bridgehead atoms. The minimum absolute atomic E-state index is 0.379. The summed E-state index contributed by atoms with van der Waals surface area (Å²) in [7, 11) is 0. The second-order valence-corrected chi connectivity index (χ2v) is 5.97. The molecular weight excluding hydrogens is 306 g/mol. The van der Waals surface area contributed by atoms with Crippen molar-refractivity contribution in [2.24, 2.45) is 0 Å². The van der Waals surface area contributed by atoms with Crippen LogP contribution in [0.3, 0.4) is 0 Å². The van der Waals surface area contributed by atoms with Crippen molar-refractivity contribution in [3.8, 4) is 5.75 Å². The third-order valence-electron chi connectivity index (χ3n) is 3.65. The lowest BCUT2D eigenvalue weighted by atomic mass is 10.1. The topological polar surface area (TPSA) is 42.1 Å². The van der Waals surface area contributed by atoms with Gasteiger partial charge in [0.05, 0.1) is 0 Å². The number of rotatable bonds is 3. The number of aromatic nitrogens is 1. The average molecular weight is 319 g/mol. The van der Waals surface area contributed by atoms with Crippen molar-refractivity contribution in [2.75, 3.05) is 0 Å². The number of carbonyl (C=O) groups is 1. The van der Waals surface area contributed by atoms with Gasteiger partial charge in [0.25, 0.3) is 0 Å². The van der Waals surface area contributed by atoms with Crippen molar-refractivity contribution in [1.82, 2.24) is 4.98 Å². The molecular formula is C19H13NO2S. The van der Waals surface area contributed by atoms with Crippen LogP contribution < -0.4 is 4.74 Å². The molecule has 0 radical (unpaired) electrons. The largest absolute Gasteiger partial charge is 0.423 e. The summed E-state index contributed by atoms with van der Waals surface area (Å²) < 4.78 is 5.40. The number of thiophene rings is 1. The van der Waals surface area contributed by atoms with Gasteiger partial charge in [-0.2, -0.15) is 11.3 Å². The molecule has 0 fully saturated rings. The molecule has 23 heavy (non-hydrogen) atoms. The average Bonchev–Trinajstić information content (AvgIpc) is 3.20. The van der Waals surface area contributed by atoms with Gasteiger partial charge in [-0.05, 0) is 52.7 Å². The molecule has 0 unspecified atom stereocenters. The van der Waals surface area contributed by atoms with Gasteiger partial charge < -0.3 is 9.72 Å². The number of para-hydroxylation sites is 1. The highest BCUT2D eigenvalue weighted by atomic mass is 32.1. The van der Waals surface area contributed by atoms with Crippen LogP contribution in [0.15, 0.2) is 65.4 Å². The van der Waals surface area contributed by atoms with Crippen molar-refractivity contribution < 1.29 is 9.53 Å². The van der Waals surface area contributed by atoms with E-state index >= 15 is 0 Å². The zero-order chi connectivity index (χ0) is 15.6. The molecule has 4 aromatic rings. The lowest BCUT2D eigenvalue weighted by molar-refractivity contribution is -0.128. The van der Waals surface area contributed by atoms with Gasteiger partial charge in [0, 0.05) is 27.9 Å². The molecule has 2 aromatic heterocycles. The fourth-order valence-electron chi connectivity index (χ4n) is 2.58. The number of H-pyrrole nitrogens is 1. The number of ether oxygens (including phenoxy) is 1. The molecule has 112 valence electrons. The monoisotopic (exact) mass is 319 g/mol. The van der Waals surface area contributed by atoms with Gasteiger partial charge in [0.2, 0.25) is 0 Å². The number of carbonyl (C=O) groups excluding carboxylic acids is 1. The van der Waals surface area contributed by atoms with Gasteiger partial charge in [0.1, 0.15) is 5.75 Å². The van der Waals surface area contributed by atoms with E-state index in [1.165, 1.54) is 6.08 Å². The molecule has 0 aliphatic heterocycles. The lowest BCUT2D eigenvalue weighted by Crippen LogP contribution is -2.03. The van der Waals surface area contributed by atoms with Crippen molar-refractivity contribution in [3.63, 3.8) is 0 Å². The van der Waals surface area contributed by atoms with Crippen LogP contribution in [-0.2, 0) is 4.79 Å². The molecule has 0 saturated carbocycles. The maximum atomic E-state index is 11.9. The van der Waals surface area contributed by atoms with Gasteiger partial charge >= 0.3 is 5.97 Å². The molecule has 3 nitrogen and oxygen atoms in total. The zero-order valence-electron chi connectivity index (χ0n) is 12.2. The maximum absolute atomic E-state index is 11.9. The molecule has 0 aliphatic rings. The van der Waals surface area contributed by atoms with E-state index in [1.807, 2.05) is 47.2 Å². The third-order valence-corrected chi connectivity index (χ3v) is 4.35. The summed E-state index contributed by atoms with van der Waals surface area (Å²) in [5, 5.41) is 6.11. The molecule has 2 heterocycles. The highest BCUT2D eigenvalue weighted by Crippen LogP contribution is 2.28. The van der Waals surface area contributed by atoms with Crippen LogP contribution >= 0.6 is 11.3 Å². The summed E-state index contributed by atoms with van der Waals surface area (Å²) in [6.07, 6.45) is 3.20. The Morgan fingerprint density at radius 2 is 1.91 bits per heavy atom. The van der Waals surface area contributed by atoms with E-state index in [1.54, 1.807) is 23.5 Å². The standard InChI is InChI=1S/C19H13NO2S/c21-19(8-5-13-9-10-23-12-13)22-14-6-7-18-16(11-14)15-3-1-2-4-17(15)20-18/h1-12,20H/b8-5+. The summed E-state index contributed by atoms with van der Waals surface area (Å²) in [6.45, 7) is 0. The van der Waals surface area contributed by atoms with E-state index in [4.69, 9.17) is 4.74 Å². The van der Waals surface area contributed by atoms with Gasteiger partial charge in [0.15, 0.2) is 0 Å². The van der Waals surface area contributed by atoms with Gasteiger partial charge in [-0.1, -0.05) is 18.2 Å². The van der Waals surface area contributed by atoms with Crippen LogP contribution in [0.1, 0.15) is 5.56 Å². The summed E-state index contributed by atoms with van der Waals surface area (Å²) in [5.41, 5.74) is 3.10. The molecule has 0 atom stereocenters. The van der Waals surface area contributed by atoms with Crippen LogP contribution in [0.2, 0.25) is 0 Å². The Morgan fingerprint density at radius 3 is 2.78 bits per heavy atom. The van der Waals surface area contributed by atoms with E-state index in [0.717, 1.165) is 27.4 Å². The number of aromatic amines is 1. The second kappa shape index (κ2) is 5.74. The van der Waals surface area contributed by atoms with E-state index in [0.29, 0.717) is 5.75 Å². The number of fused-ring (bicyclic) bond motifs is 3. The van der Waals surface area contributed by atoms with Crippen LogP contribution in [0.25, 0.3) is 27.9 Å². The fourth-order valence-corrected chi connectivity index (χ4v) is 3.20.